The molecule has 0 aromatic carbocycles. The van der Waals surface area contributed by atoms with Crippen LogP contribution in [0, 0.1) is 0 Å². The maximum Gasteiger partial charge on any atom is 0.237 e. The van der Waals surface area contributed by atoms with Gasteiger partial charge in [-0.3, -0.25) is 9.69 Å². The van der Waals surface area contributed by atoms with Crippen molar-refractivity contribution in [2.24, 2.45) is 0 Å². The molecule has 116 valence electrons. The van der Waals surface area contributed by atoms with Crippen LogP contribution >= 0.6 is 0 Å². The minimum Gasteiger partial charge on any atom is -0.352 e. The molecule has 1 aliphatic carbocycles. The number of carbonyl (C=O) groups excluding carboxylic acids is 1. The predicted molar refractivity (Wildman–Crippen MR) is 82.7 cm³/mol. The number of piperidine rings is 1. The van der Waals surface area contributed by atoms with E-state index < -0.39 is 0 Å². The second-order valence-electron chi connectivity index (χ2n) is 6.38. The van der Waals surface area contributed by atoms with Gasteiger partial charge in [-0.1, -0.05) is 19.8 Å². The zero-order valence-corrected chi connectivity index (χ0v) is 13.2. The van der Waals surface area contributed by atoms with E-state index in [2.05, 4.69) is 29.4 Å². The third kappa shape index (κ3) is 4.19. The van der Waals surface area contributed by atoms with Crippen molar-refractivity contribution >= 4 is 5.91 Å². The number of nitrogens with zero attached hydrogens (tertiary/aromatic N) is 1. The van der Waals surface area contributed by atoms with Crippen molar-refractivity contribution in [1.82, 2.24) is 15.5 Å². The monoisotopic (exact) mass is 281 g/mol. The predicted octanol–water partition coefficient (Wildman–Crippen LogP) is 1.90. The van der Waals surface area contributed by atoms with Crippen LogP contribution in [0.3, 0.4) is 0 Å². The topological polar surface area (TPSA) is 44.4 Å². The van der Waals surface area contributed by atoms with Crippen molar-refractivity contribution in [2.45, 2.75) is 76.9 Å². The van der Waals surface area contributed by atoms with Crippen LogP contribution in [0.15, 0.2) is 0 Å². The molecule has 2 rings (SSSR count). The second-order valence-corrected chi connectivity index (χ2v) is 6.38. The van der Waals surface area contributed by atoms with Crippen molar-refractivity contribution in [1.29, 1.82) is 0 Å². The van der Waals surface area contributed by atoms with Crippen LogP contribution < -0.4 is 10.6 Å². The smallest absolute Gasteiger partial charge is 0.237 e. The van der Waals surface area contributed by atoms with Gasteiger partial charge < -0.3 is 10.6 Å². The third-order valence-corrected chi connectivity index (χ3v) is 4.84. The highest BCUT2D eigenvalue weighted by Gasteiger charge is 2.29. The van der Waals surface area contributed by atoms with Crippen molar-refractivity contribution < 1.29 is 4.79 Å². The summed E-state index contributed by atoms with van der Waals surface area (Å²) in [6.07, 6.45) is 8.32. The van der Waals surface area contributed by atoms with Gasteiger partial charge >= 0.3 is 0 Å². The summed E-state index contributed by atoms with van der Waals surface area (Å²) < 4.78 is 0. The second kappa shape index (κ2) is 7.99. The first-order valence-corrected chi connectivity index (χ1v) is 8.49. The summed E-state index contributed by atoms with van der Waals surface area (Å²) in [5.74, 6) is 0.240. The van der Waals surface area contributed by atoms with E-state index in [-0.39, 0.29) is 11.9 Å². The van der Waals surface area contributed by atoms with Gasteiger partial charge in [0.05, 0.1) is 6.04 Å². The van der Waals surface area contributed by atoms with E-state index in [4.69, 9.17) is 0 Å². The molecule has 0 aromatic heterocycles. The first-order chi connectivity index (χ1) is 9.72. The van der Waals surface area contributed by atoms with Gasteiger partial charge in [-0.05, 0) is 58.7 Å². The van der Waals surface area contributed by atoms with Gasteiger partial charge in [0.1, 0.15) is 0 Å². The minimum atomic E-state index is 0.0126. The molecule has 2 N–H and O–H groups in total. The number of hydrogen-bond donors (Lipinski definition) is 2. The largest absolute Gasteiger partial charge is 0.352 e. The lowest BCUT2D eigenvalue weighted by Crippen LogP contribution is -2.53. The van der Waals surface area contributed by atoms with Gasteiger partial charge in [0.25, 0.3) is 0 Å². The Morgan fingerprint density at radius 1 is 1.25 bits per heavy atom. The zero-order valence-electron chi connectivity index (χ0n) is 13.2. The quantitative estimate of drug-likeness (QED) is 0.781. The zero-order chi connectivity index (χ0) is 14.4. The van der Waals surface area contributed by atoms with Gasteiger partial charge in [0, 0.05) is 12.1 Å². The average Bonchev–Trinajstić information content (AvgIpc) is 2.98. The maximum atomic E-state index is 12.5. The Balaban J connectivity index is 1.90. The number of hydrogen-bond acceptors (Lipinski definition) is 3. The van der Waals surface area contributed by atoms with Crippen LogP contribution in [-0.4, -0.2) is 48.6 Å². The molecular weight excluding hydrogens is 250 g/mol. The molecule has 2 fully saturated rings. The average molecular weight is 281 g/mol. The maximum absolute atomic E-state index is 12.5. The van der Waals surface area contributed by atoms with Crippen molar-refractivity contribution in [3.63, 3.8) is 0 Å². The lowest BCUT2D eigenvalue weighted by molar-refractivity contribution is -0.127. The van der Waals surface area contributed by atoms with E-state index in [9.17, 15) is 4.79 Å². The van der Waals surface area contributed by atoms with E-state index in [1.54, 1.807) is 0 Å². The Hall–Kier alpha value is -0.610. The molecule has 0 bridgehead atoms. The van der Waals surface area contributed by atoms with E-state index in [0.29, 0.717) is 12.1 Å². The van der Waals surface area contributed by atoms with Crippen molar-refractivity contribution in [3.05, 3.63) is 0 Å². The van der Waals surface area contributed by atoms with Gasteiger partial charge in [0.2, 0.25) is 5.91 Å². The van der Waals surface area contributed by atoms with E-state index in [1.165, 1.54) is 38.5 Å². The van der Waals surface area contributed by atoms with Crippen LogP contribution in [0.1, 0.15) is 58.8 Å². The standard InChI is InChI=1S/C16H31N3O/c1-3-12-19(15-8-10-17-11-9-15)13(2)16(20)18-14-6-4-5-7-14/h13-15,17H,3-12H2,1-2H3,(H,18,20). The summed E-state index contributed by atoms with van der Waals surface area (Å²) >= 11 is 0. The fraction of sp³-hybridized carbons (Fsp3) is 0.938. The molecule has 4 heteroatoms. The molecule has 4 nitrogen and oxygen atoms in total. The summed E-state index contributed by atoms with van der Waals surface area (Å²) in [7, 11) is 0. The highest BCUT2D eigenvalue weighted by molar-refractivity contribution is 5.81. The lowest BCUT2D eigenvalue weighted by Gasteiger charge is -2.38. The van der Waals surface area contributed by atoms with Crippen molar-refractivity contribution in [2.75, 3.05) is 19.6 Å². The molecule has 0 radical (unpaired) electrons. The summed E-state index contributed by atoms with van der Waals surface area (Å²) in [6.45, 7) is 7.49. The summed E-state index contributed by atoms with van der Waals surface area (Å²) in [4.78, 5) is 14.9. The fourth-order valence-corrected chi connectivity index (χ4v) is 3.63. The molecule has 1 saturated carbocycles. The Bertz CT molecular complexity index is 296. The van der Waals surface area contributed by atoms with E-state index >= 15 is 0 Å². The SMILES string of the molecule is CCCN(C1CCNCC1)C(C)C(=O)NC1CCCC1. The normalized spacial score (nSPS) is 23.1. The highest BCUT2D eigenvalue weighted by Crippen LogP contribution is 2.19. The highest BCUT2D eigenvalue weighted by atomic mass is 16.2. The Morgan fingerprint density at radius 2 is 1.90 bits per heavy atom. The summed E-state index contributed by atoms with van der Waals surface area (Å²) in [5.41, 5.74) is 0. The number of amides is 1. The number of carbonyl (C=O) groups is 1. The van der Waals surface area contributed by atoms with Crippen LogP contribution in [-0.2, 0) is 4.79 Å². The Labute approximate surface area is 123 Å². The molecule has 1 heterocycles. The number of rotatable bonds is 6. The molecule has 2 aliphatic rings. The first kappa shape index (κ1) is 15.8. The third-order valence-electron chi connectivity index (χ3n) is 4.84. The molecule has 0 aromatic rings. The van der Waals surface area contributed by atoms with Crippen LogP contribution in [0.4, 0.5) is 0 Å². The molecule has 1 unspecified atom stereocenters. The van der Waals surface area contributed by atoms with Crippen LogP contribution in [0.5, 0.6) is 0 Å². The van der Waals surface area contributed by atoms with Crippen molar-refractivity contribution in [3.8, 4) is 0 Å². The molecule has 0 spiro atoms. The van der Waals surface area contributed by atoms with Gasteiger partial charge in [-0.25, -0.2) is 0 Å². The minimum absolute atomic E-state index is 0.0126. The van der Waals surface area contributed by atoms with Gasteiger partial charge in [-0.2, -0.15) is 0 Å². The number of nitrogens with one attached hydrogen (secondary N) is 2. The van der Waals surface area contributed by atoms with Crippen LogP contribution in [0.25, 0.3) is 0 Å². The molecular formula is C16H31N3O. The molecule has 1 atom stereocenters. The van der Waals surface area contributed by atoms with Crippen LogP contribution in [0.2, 0.25) is 0 Å². The summed E-state index contributed by atoms with van der Waals surface area (Å²) in [5, 5.41) is 6.67. The summed E-state index contributed by atoms with van der Waals surface area (Å²) in [6, 6.07) is 1.01. The fourth-order valence-electron chi connectivity index (χ4n) is 3.63. The molecule has 1 saturated heterocycles. The molecule has 20 heavy (non-hydrogen) atoms. The lowest BCUT2D eigenvalue weighted by atomic mass is 10.0. The Kier molecular flexibility index (Phi) is 6.30. The van der Waals surface area contributed by atoms with E-state index in [1.807, 2.05) is 0 Å². The van der Waals surface area contributed by atoms with E-state index in [0.717, 1.165) is 26.1 Å². The molecule has 1 amide bonds. The Morgan fingerprint density at radius 3 is 2.50 bits per heavy atom. The van der Waals surface area contributed by atoms with Gasteiger partial charge in [0.15, 0.2) is 0 Å². The molecule has 1 aliphatic heterocycles. The van der Waals surface area contributed by atoms with Gasteiger partial charge in [-0.15, -0.1) is 0 Å². The first-order valence-electron chi connectivity index (χ1n) is 8.49.